The fourth-order valence-corrected chi connectivity index (χ4v) is 3.62. The standard InChI is InChI=1S/C18H19F2NO5/c1-9-3-5-11-12(16(22)24-2)8-25-17(15(9)11)26-18(23)21-14-6-4-10(19)7-13(14)20/h4,6-9,11,15,17H,3,5H2,1-2H3,(H,21,23). The fraction of sp³-hybridized carbons (Fsp3) is 0.444. The molecule has 0 aromatic heterocycles. The smallest absolute Gasteiger partial charge is 0.414 e. The van der Waals surface area contributed by atoms with Crippen molar-refractivity contribution >= 4 is 17.7 Å². The van der Waals surface area contributed by atoms with Crippen molar-refractivity contribution in [3.8, 4) is 0 Å². The molecule has 8 heteroatoms. The highest BCUT2D eigenvalue weighted by Gasteiger charge is 2.48. The van der Waals surface area contributed by atoms with Gasteiger partial charge in [-0.05, 0) is 30.9 Å². The summed E-state index contributed by atoms with van der Waals surface area (Å²) in [6.07, 6.45) is 1.04. The molecule has 3 rings (SSSR count). The molecule has 6 nitrogen and oxygen atoms in total. The van der Waals surface area contributed by atoms with Gasteiger partial charge in [-0.1, -0.05) is 6.92 Å². The van der Waals surface area contributed by atoms with Crippen molar-refractivity contribution in [2.24, 2.45) is 17.8 Å². The number of nitrogens with one attached hydrogen (secondary N) is 1. The lowest BCUT2D eigenvalue weighted by molar-refractivity contribution is -0.144. The lowest BCUT2D eigenvalue weighted by Gasteiger charge is -2.34. The normalized spacial score (nSPS) is 27.0. The van der Waals surface area contributed by atoms with E-state index in [0.717, 1.165) is 25.0 Å². The van der Waals surface area contributed by atoms with Crippen LogP contribution in [0.15, 0.2) is 30.0 Å². The lowest BCUT2D eigenvalue weighted by Crippen LogP contribution is -2.39. The maximum absolute atomic E-state index is 13.6. The number of halogens is 2. The summed E-state index contributed by atoms with van der Waals surface area (Å²) in [5.41, 5.74) is 0.223. The summed E-state index contributed by atoms with van der Waals surface area (Å²) >= 11 is 0. The number of fused-ring (bicyclic) bond motifs is 1. The predicted octanol–water partition coefficient (Wildman–Crippen LogP) is 3.59. The van der Waals surface area contributed by atoms with E-state index in [2.05, 4.69) is 5.32 Å². The Balaban J connectivity index is 1.72. The van der Waals surface area contributed by atoms with Gasteiger partial charge in [-0.3, -0.25) is 5.32 Å². The second-order valence-corrected chi connectivity index (χ2v) is 6.46. The summed E-state index contributed by atoms with van der Waals surface area (Å²) in [6.45, 7) is 1.99. The molecule has 0 bridgehead atoms. The van der Waals surface area contributed by atoms with Crippen LogP contribution in [0.3, 0.4) is 0 Å². The third kappa shape index (κ3) is 3.49. The Hall–Kier alpha value is -2.64. The quantitative estimate of drug-likeness (QED) is 0.827. The number of methoxy groups -OCH3 is 1. The largest absolute Gasteiger partial charge is 0.466 e. The van der Waals surface area contributed by atoms with Gasteiger partial charge in [0.1, 0.15) is 11.6 Å². The van der Waals surface area contributed by atoms with Crippen LogP contribution in [0.1, 0.15) is 19.8 Å². The average molecular weight is 367 g/mol. The Labute approximate surface area is 149 Å². The first-order chi connectivity index (χ1) is 12.4. The van der Waals surface area contributed by atoms with Crippen molar-refractivity contribution in [3.63, 3.8) is 0 Å². The van der Waals surface area contributed by atoms with E-state index in [1.807, 2.05) is 6.92 Å². The highest BCUT2D eigenvalue weighted by atomic mass is 19.1. The van der Waals surface area contributed by atoms with Crippen molar-refractivity contribution in [1.82, 2.24) is 0 Å². The van der Waals surface area contributed by atoms with Crippen molar-refractivity contribution in [2.75, 3.05) is 12.4 Å². The molecule has 1 aromatic carbocycles. The predicted molar refractivity (Wildman–Crippen MR) is 86.8 cm³/mol. The molecule has 0 radical (unpaired) electrons. The first-order valence-corrected chi connectivity index (χ1v) is 8.27. The molecule has 4 atom stereocenters. The van der Waals surface area contributed by atoms with E-state index in [1.165, 1.54) is 13.4 Å². The van der Waals surface area contributed by atoms with Crippen LogP contribution in [0.2, 0.25) is 0 Å². The summed E-state index contributed by atoms with van der Waals surface area (Å²) in [6, 6.07) is 2.79. The zero-order valence-electron chi connectivity index (χ0n) is 14.3. The van der Waals surface area contributed by atoms with E-state index in [-0.39, 0.29) is 23.4 Å². The summed E-state index contributed by atoms with van der Waals surface area (Å²) in [5, 5.41) is 2.23. The topological polar surface area (TPSA) is 73.9 Å². The van der Waals surface area contributed by atoms with Crippen molar-refractivity contribution in [2.45, 2.75) is 26.1 Å². The number of benzene rings is 1. The van der Waals surface area contributed by atoms with Crippen LogP contribution in [-0.4, -0.2) is 25.5 Å². The van der Waals surface area contributed by atoms with Gasteiger partial charge in [0, 0.05) is 17.9 Å². The molecule has 1 aliphatic carbocycles. The number of rotatable bonds is 3. The number of anilines is 1. The van der Waals surface area contributed by atoms with Crippen molar-refractivity contribution in [1.29, 1.82) is 0 Å². The molecule has 1 saturated carbocycles. The number of ether oxygens (including phenoxy) is 3. The minimum Gasteiger partial charge on any atom is -0.466 e. The van der Waals surface area contributed by atoms with Gasteiger partial charge in [0.15, 0.2) is 0 Å². The third-order valence-electron chi connectivity index (χ3n) is 4.91. The van der Waals surface area contributed by atoms with Gasteiger partial charge in [-0.15, -0.1) is 0 Å². The van der Waals surface area contributed by atoms with E-state index in [1.54, 1.807) is 0 Å². The Kier molecular flexibility index (Phi) is 5.11. The van der Waals surface area contributed by atoms with E-state index >= 15 is 0 Å². The summed E-state index contributed by atoms with van der Waals surface area (Å²) in [4.78, 5) is 24.0. The summed E-state index contributed by atoms with van der Waals surface area (Å²) < 4.78 is 42.1. The van der Waals surface area contributed by atoms with Crippen LogP contribution in [0.5, 0.6) is 0 Å². The van der Waals surface area contributed by atoms with Gasteiger partial charge in [0.05, 0.1) is 24.6 Å². The van der Waals surface area contributed by atoms with Gasteiger partial charge in [-0.25, -0.2) is 18.4 Å². The molecule has 1 fully saturated rings. The first kappa shape index (κ1) is 18.2. The molecule has 0 saturated heterocycles. The monoisotopic (exact) mass is 367 g/mol. The number of amides is 1. The zero-order valence-corrected chi connectivity index (χ0v) is 14.3. The van der Waals surface area contributed by atoms with E-state index in [4.69, 9.17) is 14.2 Å². The molecular formula is C18H19F2NO5. The number of esters is 1. The van der Waals surface area contributed by atoms with Crippen molar-refractivity contribution < 1.29 is 32.6 Å². The first-order valence-electron chi connectivity index (χ1n) is 8.27. The number of hydrogen-bond donors (Lipinski definition) is 1. The lowest BCUT2D eigenvalue weighted by atomic mass is 9.83. The molecule has 1 amide bonds. The fourth-order valence-electron chi connectivity index (χ4n) is 3.62. The van der Waals surface area contributed by atoms with Crippen molar-refractivity contribution in [3.05, 3.63) is 41.7 Å². The molecule has 2 aliphatic rings. The van der Waals surface area contributed by atoms with Crippen LogP contribution >= 0.6 is 0 Å². The van der Waals surface area contributed by atoms with Gasteiger partial charge < -0.3 is 14.2 Å². The van der Waals surface area contributed by atoms with Gasteiger partial charge in [0.25, 0.3) is 0 Å². The Morgan fingerprint density at radius 1 is 1.27 bits per heavy atom. The van der Waals surface area contributed by atoms with Crippen LogP contribution in [0, 0.1) is 29.4 Å². The van der Waals surface area contributed by atoms with Crippen LogP contribution < -0.4 is 5.32 Å². The highest BCUT2D eigenvalue weighted by molar-refractivity contribution is 5.89. The molecule has 1 aromatic rings. The maximum atomic E-state index is 13.6. The molecule has 26 heavy (non-hydrogen) atoms. The molecule has 1 N–H and O–H groups in total. The van der Waals surface area contributed by atoms with E-state index in [0.29, 0.717) is 11.6 Å². The zero-order chi connectivity index (χ0) is 18.8. The van der Waals surface area contributed by atoms with Gasteiger partial charge in [0.2, 0.25) is 6.29 Å². The Morgan fingerprint density at radius 3 is 2.73 bits per heavy atom. The second-order valence-electron chi connectivity index (χ2n) is 6.46. The highest BCUT2D eigenvalue weighted by Crippen LogP contribution is 2.46. The summed E-state index contributed by atoms with van der Waals surface area (Å²) in [7, 11) is 1.30. The van der Waals surface area contributed by atoms with Gasteiger partial charge >= 0.3 is 12.1 Å². The van der Waals surface area contributed by atoms with Crippen LogP contribution in [-0.2, 0) is 19.0 Å². The molecule has 0 spiro atoms. The van der Waals surface area contributed by atoms with E-state index in [9.17, 15) is 18.4 Å². The number of carbonyl (C=O) groups excluding carboxylic acids is 2. The average Bonchev–Trinajstić information content (AvgIpc) is 2.99. The number of hydrogen-bond acceptors (Lipinski definition) is 5. The SMILES string of the molecule is COC(=O)C1=COC(OC(=O)Nc2ccc(F)cc2F)C2C(C)CCC12. The second kappa shape index (κ2) is 7.31. The van der Waals surface area contributed by atoms with Gasteiger partial charge in [-0.2, -0.15) is 0 Å². The minimum atomic E-state index is -0.923. The molecule has 1 aliphatic heterocycles. The van der Waals surface area contributed by atoms with Crippen LogP contribution in [0.25, 0.3) is 0 Å². The third-order valence-corrected chi connectivity index (χ3v) is 4.91. The number of carbonyl (C=O) groups is 2. The molecule has 1 heterocycles. The maximum Gasteiger partial charge on any atom is 0.414 e. The van der Waals surface area contributed by atoms with E-state index < -0.39 is 30.0 Å². The summed E-state index contributed by atoms with van der Waals surface area (Å²) in [5.74, 6) is -2.31. The Bertz CT molecular complexity index is 751. The molecular weight excluding hydrogens is 348 g/mol. The Morgan fingerprint density at radius 2 is 2.04 bits per heavy atom. The molecule has 140 valence electrons. The molecule has 4 unspecified atom stereocenters. The minimum absolute atomic E-state index is 0.133. The van der Waals surface area contributed by atoms with Crippen LogP contribution in [0.4, 0.5) is 19.3 Å².